The fourth-order valence-electron chi connectivity index (χ4n) is 3.27. The van der Waals surface area contributed by atoms with E-state index in [0.717, 1.165) is 31.9 Å². The minimum atomic E-state index is 0. The van der Waals surface area contributed by atoms with E-state index in [-0.39, 0.29) is 12.4 Å². The van der Waals surface area contributed by atoms with Crippen molar-refractivity contribution >= 4 is 23.2 Å². The van der Waals surface area contributed by atoms with Gasteiger partial charge in [-0.3, -0.25) is 4.90 Å². The van der Waals surface area contributed by atoms with Gasteiger partial charge in [0.1, 0.15) is 5.75 Å². The van der Waals surface area contributed by atoms with Gasteiger partial charge in [0, 0.05) is 11.9 Å². The van der Waals surface area contributed by atoms with E-state index in [2.05, 4.69) is 41.3 Å². The molecule has 0 radical (unpaired) electrons. The Morgan fingerprint density at radius 3 is 2.41 bits per heavy atom. The van der Waals surface area contributed by atoms with Crippen molar-refractivity contribution in [1.82, 2.24) is 4.90 Å². The number of methoxy groups -OCH3 is 1. The van der Waals surface area contributed by atoms with Crippen LogP contribution in [-0.4, -0.2) is 31.6 Å². The minimum Gasteiger partial charge on any atom is -0.496 e. The first-order valence-electron chi connectivity index (χ1n) is 7.79. The van der Waals surface area contributed by atoms with Crippen LogP contribution in [0.1, 0.15) is 18.4 Å². The molecule has 1 saturated heterocycles. The Labute approximate surface area is 138 Å². The molecule has 1 aliphatic heterocycles. The van der Waals surface area contributed by atoms with Crippen molar-refractivity contribution < 1.29 is 4.74 Å². The van der Waals surface area contributed by atoms with Crippen LogP contribution in [-0.2, 0) is 6.54 Å². The van der Waals surface area contributed by atoms with E-state index in [4.69, 9.17) is 10.5 Å². The van der Waals surface area contributed by atoms with E-state index in [1.54, 1.807) is 7.11 Å². The lowest BCUT2D eigenvalue weighted by atomic mass is 9.96. The second kappa shape index (κ2) is 7.82. The van der Waals surface area contributed by atoms with Crippen molar-refractivity contribution in [2.24, 2.45) is 11.7 Å². The Bertz CT molecular complexity index is 609. The Morgan fingerprint density at radius 1 is 1.09 bits per heavy atom. The number of hydrogen-bond donors (Lipinski definition) is 1. The number of halogens is 1. The van der Waals surface area contributed by atoms with Crippen molar-refractivity contribution in [3.05, 3.63) is 42.0 Å². The van der Waals surface area contributed by atoms with Crippen LogP contribution in [0.25, 0.3) is 10.8 Å². The van der Waals surface area contributed by atoms with E-state index in [1.807, 2.05) is 0 Å². The predicted molar refractivity (Wildman–Crippen MR) is 94.8 cm³/mol. The lowest BCUT2D eigenvalue weighted by Gasteiger charge is -2.31. The first-order chi connectivity index (χ1) is 10.3. The van der Waals surface area contributed by atoms with Gasteiger partial charge >= 0.3 is 0 Å². The van der Waals surface area contributed by atoms with Gasteiger partial charge in [-0.15, -0.1) is 12.4 Å². The van der Waals surface area contributed by atoms with Crippen molar-refractivity contribution in [2.45, 2.75) is 19.4 Å². The lowest BCUT2D eigenvalue weighted by molar-refractivity contribution is 0.181. The van der Waals surface area contributed by atoms with Crippen LogP contribution in [0.3, 0.4) is 0 Å². The van der Waals surface area contributed by atoms with E-state index < -0.39 is 0 Å². The maximum atomic E-state index is 5.78. The van der Waals surface area contributed by atoms with Crippen LogP contribution in [0.2, 0.25) is 0 Å². The zero-order chi connectivity index (χ0) is 14.7. The Kier molecular flexibility index (Phi) is 6.07. The summed E-state index contributed by atoms with van der Waals surface area (Å²) in [6.07, 6.45) is 2.45. The van der Waals surface area contributed by atoms with Crippen molar-refractivity contribution in [3.8, 4) is 5.75 Å². The molecular formula is C18H25ClN2O. The van der Waals surface area contributed by atoms with Gasteiger partial charge < -0.3 is 10.5 Å². The highest BCUT2D eigenvalue weighted by Gasteiger charge is 2.18. The van der Waals surface area contributed by atoms with Crippen LogP contribution in [0.15, 0.2) is 36.4 Å². The first-order valence-corrected chi connectivity index (χ1v) is 7.79. The smallest absolute Gasteiger partial charge is 0.126 e. The molecule has 3 rings (SSSR count). The quantitative estimate of drug-likeness (QED) is 0.938. The number of benzene rings is 2. The molecule has 3 nitrogen and oxygen atoms in total. The molecule has 0 unspecified atom stereocenters. The molecule has 1 heterocycles. The molecule has 2 N–H and O–H groups in total. The highest BCUT2D eigenvalue weighted by atomic mass is 35.5. The largest absolute Gasteiger partial charge is 0.496 e. The maximum Gasteiger partial charge on any atom is 0.126 e. The molecule has 120 valence electrons. The number of nitrogens with two attached hydrogens (primary N) is 1. The highest BCUT2D eigenvalue weighted by molar-refractivity contribution is 5.91. The number of rotatable bonds is 4. The molecule has 0 aromatic heterocycles. The predicted octanol–water partition coefficient (Wildman–Crippen LogP) is 3.44. The standard InChI is InChI=1S/C18H24N2O.ClH/c1-21-18-7-6-15(16-4-2-3-5-17(16)18)13-20-10-8-14(12-19)9-11-20;/h2-7,14H,8-13,19H2,1H3;1H. The number of nitrogens with zero attached hydrogens (tertiary/aromatic N) is 1. The van der Waals surface area contributed by atoms with E-state index in [0.29, 0.717) is 5.92 Å². The molecule has 1 aliphatic rings. The average Bonchev–Trinajstić information content (AvgIpc) is 2.56. The minimum absolute atomic E-state index is 0. The molecule has 4 heteroatoms. The molecule has 0 saturated carbocycles. The number of ether oxygens (including phenoxy) is 1. The third-order valence-electron chi connectivity index (χ3n) is 4.63. The summed E-state index contributed by atoms with van der Waals surface area (Å²) in [4.78, 5) is 2.54. The van der Waals surface area contributed by atoms with Gasteiger partial charge in [0.15, 0.2) is 0 Å². The Morgan fingerprint density at radius 2 is 1.77 bits per heavy atom. The fourth-order valence-corrected chi connectivity index (χ4v) is 3.27. The van der Waals surface area contributed by atoms with Crippen LogP contribution in [0.5, 0.6) is 5.75 Å². The van der Waals surface area contributed by atoms with Crippen molar-refractivity contribution in [3.63, 3.8) is 0 Å². The zero-order valence-electron chi connectivity index (χ0n) is 13.1. The van der Waals surface area contributed by atoms with Crippen LogP contribution in [0.4, 0.5) is 0 Å². The maximum absolute atomic E-state index is 5.78. The molecule has 0 atom stereocenters. The monoisotopic (exact) mass is 320 g/mol. The molecular weight excluding hydrogens is 296 g/mol. The normalized spacial score (nSPS) is 16.5. The summed E-state index contributed by atoms with van der Waals surface area (Å²) >= 11 is 0. The molecule has 0 spiro atoms. The second-order valence-corrected chi connectivity index (χ2v) is 5.93. The third kappa shape index (κ3) is 3.54. The van der Waals surface area contributed by atoms with Gasteiger partial charge in [-0.2, -0.15) is 0 Å². The van der Waals surface area contributed by atoms with E-state index in [1.165, 1.54) is 29.2 Å². The van der Waals surface area contributed by atoms with E-state index in [9.17, 15) is 0 Å². The number of fused-ring (bicyclic) bond motifs is 1. The third-order valence-corrected chi connectivity index (χ3v) is 4.63. The fraction of sp³-hybridized carbons (Fsp3) is 0.444. The molecule has 0 amide bonds. The zero-order valence-corrected chi connectivity index (χ0v) is 13.9. The topological polar surface area (TPSA) is 38.5 Å². The van der Waals surface area contributed by atoms with Gasteiger partial charge in [-0.05, 0) is 55.4 Å². The lowest BCUT2D eigenvalue weighted by Crippen LogP contribution is -2.35. The molecule has 22 heavy (non-hydrogen) atoms. The molecule has 1 fully saturated rings. The first kappa shape index (κ1) is 17.1. The van der Waals surface area contributed by atoms with Gasteiger partial charge in [0.25, 0.3) is 0 Å². The molecule has 2 aromatic carbocycles. The van der Waals surface area contributed by atoms with Crippen LogP contribution < -0.4 is 10.5 Å². The summed E-state index contributed by atoms with van der Waals surface area (Å²) in [7, 11) is 1.74. The average molecular weight is 321 g/mol. The summed E-state index contributed by atoms with van der Waals surface area (Å²) in [5.74, 6) is 1.67. The summed E-state index contributed by atoms with van der Waals surface area (Å²) in [6, 6.07) is 12.8. The van der Waals surface area contributed by atoms with Gasteiger partial charge in [-0.1, -0.05) is 30.3 Å². The summed E-state index contributed by atoms with van der Waals surface area (Å²) in [5, 5.41) is 2.51. The summed E-state index contributed by atoms with van der Waals surface area (Å²) in [5.41, 5.74) is 7.16. The van der Waals surface area contributed by atoms with E-state index >= 15 is 0 Å². The van der Waals surface area contributed by atoms with Gasteiger partial charge in [-0.25, -0.2) is 0 Å². The Balaban J connectivity index is 0.00000176. The van der Waals surface area contributed by atoms with Crippen molar-refractivity contribution in [2.75, 3.05) is 26.7 Å². The number of piperidine rings is 1. The highest BCUT2D eigenvalue weighted by Crippen LogP contribution is 2.29. The van der Waals surface area contributed by atoms with Crippen LogP contribution >= 0.6 is 12.4 Å². The molecule has 0 aliphatic carbocycles. The molecule has 2 aromatic rings. The van der Waals surface area contributed by atoms with Crippen molar-refractivity contribution in [1.29, 1.82) is 0 Å². The number of likely N-dealkylation sites (tertiary alicyclic amines) is 1. The summed E-state index contributed by atoms with van der Waals surface area (Å²) < 4.78 is 5.47. The molecule has 0 bridgehead atoms. The summed E-state index contributed by atoms with van der Waals surface area (Å²) in [6.45, 7) is 4.16. The van der Waals surface area contributed by atoms with Gasteiger partial charge in [0.2, 0.25) is 0 Å². The van der Waals surface area contributed by atoms with Crippen LogP contribution in [0, 0.1) is 5.92 Å². The number of hydrogen-bond acceptors (Lipinski definition) is 3. The Hall–Kier alpha value is -1.29. The SMILES string of the molecule is COc1ccc(CN2CCC(CN)CC2)c2ccccc12.Cl. The second-order valence-electron chi connectivity index (χ2n) is 5.93. The van der Waals surface area contributed by atoms with Gasteiger partial charge in [0.05, 0.1) is 7.11 Å².